The van der Waals surface area contributed by atoms with E-state index in [4.69, 9.17) is 0 Å². The lowest BCUT2D eigenvalue weighted by Crippen LogP contribution is -1.90. The molecule has 0 amide bonds. The van der Waals surface area contributed by atoms with E-state index < -0.39 is 0 Å². The summed E-state index contributed by atoms with van der Waals surface area (Å²) in [5, 5.41) is 0. The van der Waals surface area contributed by atoms with Crippen LogP contribution in [0.3, 0.4) is 0 Å². The summed E-state index contributed by atoms with van der Waals surface area (Å²) in [5.74, 6) is 0.823. The summed E-state index contributed by atoms with van der Waals surface area (Å²) < 4.78 is 0. The van der Waals surface area contributed by atoms with Gasteiger partial charge in [-0.1, -0.05) is 110 Å². The van der Waals surface area contributed by atoms with Crippen molar-refractivity contribution in [1.82, 2.24) is 0 Å². The minimum absolute atomic E-state index is 0.823. The smallest absolute Gasteiger partial charge is 0.0321 e. The molecule has 0 aliphatic carbocycles. The topological polar surface area (TPSA) is 0 Å². The van der Waals surface area contributed by atoms with Gasteiger partial charge in [0.25, 0.3) is 0 Å². The molecule has 0 aliphatic heterocycles. The Morgan fingerprint density at radius 1 is 0.636 bits per heavy atom. The van der Waals surface area contributed by atoms with Gasteiger partial charge in [-0.2, -0.15) is 0 Å². The van der Waals surface area contributed by atoms with Crippen molar-refractivity contribution >= 4 is 0 Å². The SMILES string of the molecule is C=C(CCCCCCCCCCCCCCC)CCC(C)C. The van der Waals surface area contributed by atoms with Crippen molar-refractivity contribution in [2.45, 2.75) is 124 Å². The van der Waals surface area contributed by atoms with Gasteiger partial charge in [-0.3, -0.25) is 0 Å². The zero-order chi connectivity index (χ0) is 16.5. The normalized spacial score (nSPS) is 11.3. The molecule has 0 heterocycles. The van der Waals surface area contributed by atoms with Gasteiger partial charge in [-0.25, -0.2) is 0 Å². The molecule has 0 saturated heterocycles. The average molecular weight is 309 g/mol. The Balaban J connectivity index is 3.09. The zero-order valence-electron chi connectivity index (χ0n) is 16.1. The summed E-state index contributed by atoms with van der Waals surface area (Å²) in [6.45, 7) is 11.1. The maximum atomic E-state index is 4.22. The summed E-state index contributed by atoms with van der Waals surface area (Å²) in [5.41, 5.74) is 1.48. The van der Waals surface area contributed by atoms with E-state index >= 15 is 0 Å². The van der Waals surface area contributed by atoms with E-state index in [9.17, 15) is 0 Å². The van der Waals surface area contributed by atoms with Gasteiger partial charge >= 0.3 is 0 Å². The van der Waals surface area contributed by atoms with Crippen molar-refractivity contribution in [2.75, 3.05) is 0 Å². The van der Waals surface area contributed by atoms with E-state index in [1.807, 2.05) is 0 Å². The number of hydrogen-bond donors (Lipinski definition) is 0. The van der Waals surface area contributed by atoms with Crippen molar-refractivity contribution in [3.8, 4) is 0 Å². The van der Waals surface area contributed by atoms with Gasteiger partial charge in [-0.05, 0) is 31.6 Å². The predicted molar refractivity (Wildman–Crippen MR) is 104 cm³/mol. The molecule has 0 aliphatic rings. The third kappa shape index (κ3) is 17.8. The van der Waals surface area contributed by atoms with Gasteiger partial charge in [-0.15, -0.1) is 0 Å². The highest BCUT2D eigenvalue weighted by Gasteiger charge is 1.99. The Hall–Kier alpha value is -0.260. The summed E-state index contributed by atoms with van der Waals surface area (Å²) in [4.78, 5) is 0. The molecule has 0 aromatic carbocycles. The molecule has 0 spiro atoms. The maximum Gasteiger partial charge on any atom is -0.0321 e. The van der Waals surface area contributed by atoms with Gasteiger partial charge in [0.1, 0.15) is 0 Å². The van der Waals surface area contributed by atoms with Gasteiger partial charge in [0.05, 0.1) is 0 Å². The van der Waals surface area contributed by atoms with Crippen LogP contribution in [0.5, 0.6) is 0 Å². The largest absolute Gasteiger partial charge is 0.0999 e. The second kappa shape index (κ2) is 17.1. The highest BCUT2D eigenvalue weighted by Crippen LogP contribution is 2.17. The Labute approximate surface area is 142 Å². The lowest BCUT2D eigenvalue weighted by molar-refractivity contribution is 0.535. The van der Waals surface area contributed by atoms with Crippen LogP contribution in [0.1, 0.15) is 124 Å². The molecule has 0 aromatic heterocycles. The lowest BCUT2D eigenvalue weighted by atomic mass is 9.99. The van der Waals surface area contributed by atoms with E-state index in [2.05, 4.69) is 27.4 Å². The predicted octanol–water partition coefficient (Wildman–Crippen LogP) is 8.46. The van der Waals surface area contributed by atoms with Crippen molar-refractivity contribution in [2.24, 2.45) is 5.92 Å². The first kappa shape index (κ1) is 21.7. The molecular formula is C22H44. The number of unbranched alkanes of at least 4 members (excludes halogenated alkanes) is 12. The highest BCUT2D eigenvalue weighted by atomic mass is 14.0. The van der Waals surface area contributed by atoms with Gasteiger partial charge in [0.2, 0.25) is 0 Å². The van der Waals surface area contributed by atoms with E-state index in [1.165, 1.54) is 108 Å². The first-order chi connectivity index (χ1) is 10.7. The molecule has 0 aromatic rings. The molecule has 0 radical (unpaired) electrons. The Kier molecular flexibility index (Phi) is 16.9. The molecule has 0 nitrogen and oxygen atoms in total. The van der Waals surface area contributed by atoms with E-state index in [0.717, 1.165) is 5.92 Å². The molecule has 0 heteroatoms. The van der Waals surface area contributed by atoms with Gasteiger partial charge in [0.15, 0.2) is 0 Å². The van der Waals surface area contributed by atoms with Crippen LogP contribution in [-0.2, 0) is 0 Å². The van der Waals surface area contributed by atoms with Gasteiger partial charge in [0, 0.05) is 0 Å². The zero-order valence-corrected chi connectivity index (χ0v) is 16.1. The summed E-state index contributed by atoms with van der Waals surface area (Å²) >= 11 is 0. The minimum Gasteiger partial charge on any atom is -0.0999 e. The van der Waals surface area contributed by atoms with E-state index in [-0.39, 0.29) is 0 Å². The van der Waals surface area contributed by atoms with Crippen LogP contribution < -0.4 is 0 Å². The Morgan fingerprint density at radius 3 is 1.45 bits per heavy atom. The Bertz CT molecular complexity index is 226. The Morgan fingerprint density at radius 2 is 1.05 bits per heavy atom. The van der Waals surface area contributed by atoms with Crippen molar-refractivity contribution < 1.29 is 0 Å². The fourth-order valence-corrected chi connectivity index (χ4v) is 3.01. The number of allylic oxidation sites excluding steroid dienone is 1. The summed E-state index contributed by atoms with van der Waals surface area (Å²) in [6, 6.07) is 0. The maximum absolute atomic E-state index is 4.22. The van der Waals surface area contributed by atoms with Crippen LogP contribution in [0.2, 0.25) is 0 Å². The van der Waals surface area contributed by atoms with Crippen LogP contribution in [0.4, 0.5) is 0 Å². The second-order valence-corrected chi connectivity index (χ2v) is 7.68. The monoisotopic (exact) mass is 308 g/mol. The first-order valence-corrected chi connectivity index (χ1v) is 10.3. The third-order valence-corrected chi connectivity index (χ3v) is 4.71. The standard InChI is InChI=1S/C22H44/c1-5-6-7-8-9-10-11-12-13-14-15-16-17-18-22(4)20-19-21(2)3/h21H,4-20H2,1-3H3. The molecule has 0 saturated carbocycles. The molecule has 0 rings (SSSR count). The third-order valence-electron chi connectivity index (χ3n) is 4.71. The van der Waals surface area contributed by atoms with Crippen molar-refractivity contribution in [3.63, 3.8) is 0 Å². The number of rotatable bonds is 17. The van der Waals surface area contributed by atoms with E-state index in [1.54, 1.807) is 0 Å². The second-order valence-electron chi connectivity index (χ2n) is 7.68. The molecule has 0 atom stereocenters. The molecule has 0 unspecified atom stereocenters. The summed E-state index contributed by atoms with van der Waals surface area (Å²) in [7, 11) is 0. The van der Waals surface area contributed by atoms with Crippen LogP contribution in [-0.4, -0.2) is 0 Å². The first-order valence-electron chi connectivity index (χ1n) is 10.3. The fraction of sp³-hybridized carbons (Fsp3) is 0.909. The van der Waals surface area contributed by atoms with Crippen molar-refractivity contribution in [1.29, 1.82) is 0 Å². The molecule has 132 valence electrons. The molecule has 0 bridgehead atoms. The fourth-order valence-electron chi connectivity index (χ4n) is 3.01. The average Bonchev–Trinajstić information content (AvgIpc) is 2.49. The molecule has 22 heavy (non-hydrogen) atoms. The van der Waals surface area contributed by atoms with Crippen LogP contribution in [0, 0.1) is 5.92 Å². The molecular weight excluding hydrogens is 264 g/mol. The minimum atomic E-state index is 0.823. The van der Waals surface area contributed by atoms with Crippen LogP contribution in [0.15, 0.2) is 12.2 Å². The van der Waals surface area contributed by atoms with Gasteiger partial charge < -0.3 is 0 Å². The van der Waals surface area contributed by atoms with Crippen LogP contribution in [0.25, 0.3) is 0 Å². The quantitative estimate of drug-likeness (QED) is 0.187. The number of hydrogen-bond acceptors (Lipinski definition) is 0. The summed E-state index contributed by atoms with van der Waals surface area (Å²) in [6.07, 6.45) is 22.6. The van der Waals surface area contributed by atoms with Crippen molar-refractivity contribution in [3.05, 3.63) is 12.2 Å². The molecule has 0 N–H and O–H groups in total. The van der Waals surface area contributed by atoms with Crippen LogP contribution >= 0.6 is 0 Å². The highest BCUT2D eigenvalue weighted by molar-refractivity contribution is 4.93. The molecule has 0 fully saturated rings. The van der Waals surface area contributed by atoms with E-state index in [0.29, 0.717) is 0 Å². The lowest BCUT2D eigenvalue weighted by Gasteiger charge is -2.08.